The van der Waals surface area contributed by atoms with Crippen LogP contribution in [0.2, 0.25) is 0 Å². The Balaban J connectivity index is 2.41. The third-order valence-electron chi connectivity index (χ3n) is 3.34. The lowest BCUT2D eigenvalue weighted by atomic mass is 9.95. The molecule has 19 heavy (non-hydrogen) atoms. The predicted octanol–water partition coefficient (Wildman–Crippen LogP) is 4.12. The highest BCUT2D eigenvalue weighted by Gasteiger charge is 2.20. The van der Waals surface area contributed by atoms with Gasteiger partial charge in [0, 0.05) is 12.5 Å². The molecule has 1 aromatic heterocycles. The molecule has 0 fully saturated rings. The first-order valence-corrected chi connectivity index (χ1v) is 7.96. The van der Waals surface area contributed by atoms with Gasteiger partial charge in [-0.05, 0) is 18.4 Å². The molecule has 0 amide bonds. The summed E-state index contributed by atoms with van der Waals surface area (Å²) in [5, 5.41) is 9.50. The summed E-state index contributed by atoms with van der Waals surface area (Å²) >= 11 is 3.50. The van der Waals surface area contributed by atoms with E-state index in [1.54, 1.807) is 0 Å². The van der Waals surface area contributed by atoms with Gasteiger partial charge in [-0.25, -0.2) is 0 Å². The van der Waals surface area contributed by atoms with Crippen molar-refractivity contribution in [1.82, 2.24) is 14.8 Å². The lowest BCUT2D eigenvalue weighted by molar-refractivity contribution is 0.586. The number of hydrogen-bond donors (Lipinski definition) is 0. The van der Waals surface area contributed by atoms with E-state index in [0.717, 1.165) is 36.4 Å². The van der Waals surface area contributed by atoms with Gasteiger partial charge < -0.3 is 4.57 Å². The van der Waals surface area contributed by atoms with Crippen LogP contribution in [-0.2, 0) is 11.9 Å². The van der Waals surface area contributed by atoms with Crippen molar-refractivity contribution in [3.05, 3.63) is 47.5 Å². The van der Waals surface area contributed by atoms with Crippen LogP contribution in [0, 0.1) is 0 Å². The fourth-order valence-electron chi connectivity index (χ4n) is 2.43. The minimum absolute atomic E-state index is 0.327. The lowest BCUT2D eigenvalue weighted by Gasteiger charge is -2.16. The predicted molar refractivity (Wildman–Crippen MR) is 81.5 cm³/mol. The molecule has 0 spiro atoms. The fourth-order valence-corrected chi connectivity index (χ4v) is 2.84. The smallest absolute Gasteiger partial charge is 0.143 e. The molecular formula is C15H20BrN3. The van der Waals surface area contributed by atoms with Gasteiger partial charge >= 0.3 is 0 Å². The topological polar surface area (TPSA) is 30.7 Å². The number of aromatic nitrogens is 3. The minimum Gasteiger partial charge on any atom is -0.314 e. The highest BCUT2D eigenvalue weighted by molar-refractivity contribution is 9.08. The Hall–Kier alpha value is -1.16. The summed E-state index contributed by atoms with van der Waals surface area (Å²) < 4.78 is 2.26. The summed E-state index contributed by atoms with van der Waals surface area (Å²) in [6.45, 7) is 5.37. The molecule has 1 atom stereocenters. The number of benzene rings is 1. The number of alkyl halides is 1. The van der Waals surface area contributed by atoms with Crippen LogP contribution in [0.5, 0.6) is 0 Å². The monoisotopic (exact) mass is 321 g/mol. The van der Waals surface area contributed by atoms with Crippen molar-refractivity contribution in [3.63, 3.8) is 0 Å². The summed E-state index contributed by atoms with van der Waals surface area (Å²) in [6, 6.07) is 10.6. The Morgan fingerprint density at radius 3 is 2.47 bits per heavy atom. The van der Waals surface area contributed by atoms with Gasteiger partial charge in [0.15, 0.2) is 0 Å². The van der Waals surface area contributed by atoms with Crippen molar-refractivity contribution < 1.29 is 0 Å². The van der Waals surface area contributed by atoms with E-state index in [2.05, 4.69) is 74.9 Å². The quantitative estimate of drug-likeness (QED) is 0.749. The molecule has 0 saturated heterocycles. The Morgan fingerprint density at radius 1 is 1.16 bits per heavy atom. The van der Waals surface area contributed by atoms with Crippen molar-refractivity contribution in [2.75, 3.05) is 0 Å². The van der Waals surface area contributed by atoms with E-state index in [9.17, 15) is 0 Å². The minimum atomic E-state index is 0.327. The number of rotatable bonds is 6. The zero-order valence-corrected chi connectivity index (χ0v) is 13.1. The average Bonchev–Trinajstić information content (AvgIpc) is 2.85. The Bertz CT molecular complexity index is 507. The molecule has 3 nitrogen and oxygen atoms in total. The Morgan fingerprint density at radius 2 is 1.89 bits per heavy atom. The second kappa shape index (κ2) is 6.85. The maximum Gasteiger partial charge on any atom is 0.143 e. The van der Waals surface area contributed by atoms with Gasteiger partial charge in [-0.15, -0.1) is 10.2 Å². The van der Waals surface area contributed by atoms with Crippen LogP contribution < -0.4 is 0 Å². The van der Waals surface area contributed by atoms with E-state index < -0.39 is 0 Å². The van der Waals surface area contributed by atoms with E-state index in [1.165, 1.54) is 5.56 Å². The van der Waals surface area contributed by atoms with Crippen molar-refractivity contribution in [2.45, 2.75) is 44.5 Å². The summed E-state index contributed by atoms with van der Waals surface area (Å²) in [4.78, 5) is 0. The maximum absolute atomic E-state index is 4.44. The third-order valence-corrected chi connectivity index (χ3v) is 3.85. The molecule has 2 rings (SSSR count). The Kier molecular flexibility index (Phi) is 5.14. The number of nitrogens with zero attached hydrogens (tertiary/aromatic N) is 3. The van der Waals surface area contributed by atoms with Crippen LogP contribution >= 0.6 is 15.9 Å². The van der Waals surface area contributed by atoms with E-state index >= 15 is 0 Å². The van der Waals surface area contributed by atoms with Crippen molar-refractivity contribution in [1.29, 1.82) is 0 Å². The molecule has 0 saturated carbocycles. The zero-order valence-electron chi connectivity index (χ0n) is 11.5. The van der Waals surface area contributed by atoms with Gasteiger partial charge in [0.25, 0.3) is 0 Å². The van der Waals surface area contributed by atoms with E-state index in [4.69, 9.17) is 0 Å². The molecule has 102 valence electrons. The average molecular weight is 322 g/mol. The first-order valence-electron chi connectivity index (χ1n) is 6.84. The van der Waals surface area contributed by atoms with Crippen molar-refractivity contribution >= 4 is 15.9 Å². The maximum atomic E-state index is 4.44. The summed E-state index contributed by atoms with van der Waals surface area (Å²) in [5.74, 6) is 2.43. The standard InChI is InChI=1S/C15H20BrN3/c1-3-10-19-14(11-16)17-18-15(19)13(4-2)12-8-6-5-7-9-12/h5-9,13H,3-4,10-11H2,1-2H3. The molecule has 4 heteroatoms. The van der Waals surface area contributed by atoms with Crippen LogP contribution in [0.4, 0.5) is 0 Å². The van der Waals surface area contributed by atoms with Gasteiger partial charge in [-0.3, -0.25) is 0 Å². The molecule has 0 aliphatic heterocycles. The summed E-state index contributed by atoms with van der Waals surface area (Å²) in [7, 11) is 0. The van der Waals surface area contributed by atoms with Gasteiger partial charge in [0.1, 0.15) is 11.6 Å². The van der Waals surface area contributed by atoms with Crippen LogP contribution in [0.15, 0.2) is 30.3 Å². The zero-order chi connectivity index (χ0) is 13.7. The molecule has 0 aliphatic carbocycles. The fraction of sp³-hybridized carbons (Fsp3) is 0.467. The SMILES string of the molecule is CCCn1c(CBr)nnc1C(CC)c1ccccc1. The third kappa shape index (κ3) is 3.06. The van der Waals surface area contributed by atoms with Crippen molar-refractivity contribution in [2.24, 2.45) is 0 Å². The molecule has 0 aliphatic rings. The van der Waals surface area contributed by atoms with Crippen LogP contribution in [0.25, 0.3) is 0 Å². The molecule has 0 radical (unpaired) electrons. The molecule has 1 aromatic carbocycles. The Labute approximate surface area is 123 Å². The summed E-state index contributed by atoms with van der Waals surface area (Å²) in [5.41, 5.74) is 1.32. The molecule has 2 aromatic rings. The lowest BCUT2D eigenvalue weighted by Crippen LogP contribution is -2.11. The highest BCUT2D eigenvalue weighted by atomic mass is 79.9. The molecule has 1 unspecified atom stereocenters. The largest absolute Gasteiger partial charge is 0.314 e. The summed E-state index contributed by atoms with van der Waals surface area (Å²) in [6.07, 6.45) is 2.13. The van der Waals surface area contributed by atoms with Crippen LogP contribution in [-0.4, -0.2) is 14.8 Å². The van der Waals surface area contributed by atoms with E-state index in [1.807, 2.05) is 0 Å². The van der Waals surface area contributed by atoms with Gasteiger partial charge in [-0.1, -0.05) is 60.1 Å². The first-order chi connectivity index (χ1) is 9.31. The molecule has 0 N–H and O–H groups in total. The molecule has 1 heterocycles. The van der Waals surface area contributed by atoms with E-state index in [-0.39, 0.29) is 0 Å². The second-order valence-corrected chi connectivity index (χ2v) is 5.19. The molecule has 0 bridgehead atoms. The van der Waals surface area contributed by atoms with Crippen LogP contribution in [0.3, 0.4) is 0 Å². The van der Waals surface area contributed by atoms with Gasteiger partial charge in [0.05, 0.1) is 5.33 Å². The highest BCUT2D eigenvalue weighted by Crippen LogP contribution is 2.27. The first kappa shape index (κ1) is 14.3. The van der Waals surface area contributed by atoms with E-state index in [0.29, 0.717) is 5.92 Å². The number of hydrogen-bond acceptors (Lipinski definition) is 2. The van der Waals surface area contributed by atoms with Crippen molar-refractivity contribution in [3.8, 4) is 0 Å². The van der Waals surface area contributed by atoms with Gasteiger partial charge in [-0.2, -0.15) is 0 Å². The van der Waals surface area contributed by atoms with Gasteiger partial charge in [0.2, 0.25) is 0 Å². The normalized spacial score (nSPS) is 12.6. The van der Waals surface area contributed by atoms with Crippen LogP contribution in [0.1, 0.15) is 49.8 Å². The molecular weight excluding hydrogens is 302 g/mol. The number of halogens is 1. The second-order valence-electron chi connectivity index (χ2n) is 4.63.